The predicted octanol–water partition coefficient (Wildman–Crippen LogP) is 3.10. The third-order valence-corrected chi connectivity index (χ3v) is 7.15. The predicted molar refractivity (Wildman–Crippen MR) is 88.7 cm³/mol. The summed E-state index contributed by atoms with van der Waals surface area (Å²) < 4.78 is 0. The minimum absolute atomic E-state index is 0.212. The van der Waals surface area contributed by atoms with E-state index >= 15 is 0 Å². The van der Waals surface area contributed by atoms with Crippen molar-refractivity contribution in [3.8, 4) is 0 Å². The molecular weight excluding hydrogens is 268 g/mol. The average Bonchev–Trinajstić information content (AvgIpc) is 2.40. The third kappa shape index (κ3) is 3.49. The molecule has 0 aliphatic heterocycles. The van der Waals surface area contributed by atoms with E-state index in [0.29, 0.717) is 0 Å². The zero-order valence-electron chi connectivity index (χ0n) is 11.9. The lowest BCUT2D eigenvalue weighted by Crippen LogP contribution is -2.44. The molecule has 0 fully saturated rings. The van der Waals surface area contributed by atoms with Gasteiger partial charge in [0.2, 0.25) is 0 Å². The molecule has 0 aliphatic rings. The van der Waals surface area contributed by atoms with Crippen LogP contribution in [0, 0.1) is 0 Å². The van der Waals surface area contributed by atoms with Gasteiger partial charge in [0.1, 0.15) is 8.80 Å². The highest BCUT2D eigenvalue weighted by Gasteiger charge is 2.17. The van der Waals surface area contributed by atoms with Crippen LogP contribution in [0.15, 0.2) is 54.6 Å². The molecule has 0 aliphatic carbocycles. The molecule has 19 heavy (non-hydrogen) atoms. The highest BCUT2D eigenvalue weighted by molar-refractivity contribution is 6.89. The molecular formula is C17H21ClSi. The van der Waals surface area contributed by atoms with Gasteiger partial charge < -0.3 is 0 Å². The van der Waals surface area contributed by atoms with Crippen LogP contribution >= 0.6 is 11.6 Å². The number of benzene rings is 2. The summed E-state index contributed by atoms with van der Waals surface area (Å²) in [5.41, 5.74) is 2.34. The second-order valence-electron chi connectivity index (χ2n) is 5.99. The van der Waals surface area contributed by atoms with Gasteiger partial charge in [0, 0.05) is 5.50 Å². The Morgan fingerprint density at radius 1 is 0.842 bits per heavy atom. The molecule has 0 amide bonds. The van der Waals surface area contributed by atoms with Gasteiger partial charge in [-0.2, -0.15) is 0 Å². The maximum Gasteiger partial charge on any atom is 0.117 e. The van der Waals surface area contributed by atoms with Crippen LogP contribution in [0.3, 0.4) is 0 Å². The van der Waals surface area contributed by atoms with Gasteiger partial charge in [-0.15, -0.1) is 11.6 Å². The number of hydrogen-bond acceptors (Lipinski definition) is 0. The summed E-state index contributed by atoms with van der Waals surface area (Å²) in [4.78, 5) is 0. The summed E-state index contributed by atoms with van der Waals surface area (Å²) >= 11 is 6.23. The lowest BCUT2D eigenvalue weighted by atomic mass is 9.87. The maximum atomic E-state index is 6.23. The Morgan fingerprint density at radius 3 is 1.84 bits per heavy atom. The van der Waals surface area contributed by atoms with Crippen molar-refractivity contribution in [2.24, 2.45) is 0 Å². The number of alkyl halides is 1. The van der Waals surface area contributed by atoms with Gasteiger partial charge in [0.05, 0.1) is 0 Å². The minimum atomic E-state index is -1.24. The first-order valence-corrected chi connectivity index (χ1v) is 9.24. The molecule has 100 valence electrons. The lowest BCUT2D eigenvalue weighted by molar-refractivity contribution is 0.590. The Kier molecular flexibility index (Phi) is 4.49. The van der Waals surface area contributed by atoms with Crippen LogP contribution < -0.4 is 10.4 Å². The molecule has 0 nitrogen and oxygen atoms in total. The highest BCUT2D eigenvalue weighted by atomic mass is 35.5. The fourth-order valence-corrected chi connectivity index (χ4v) is 5.43. The summed E-state index contributed by atoms with van der Waals surface area (Å²) in [5, 5.41) is 2.84. The fraction of sp³-hybridized carbons (Fsp3) is 0.294. The molecule has 2 aromatic rings. The van der Waals surface area contributed by atoms with E-state index in [1.54, 1.807) is 0 Å². The molecule has 1 unspecified atom stereocenters. The monoisotopic (exact) mass is 288 g/mol. The van der Waals surface area contributed by atoms with E-state index in [-0.39, 0.29) is 5.41 Å². The Balaban J connectivity index is 2.30. The van der Waals surface area contributed by atoms with Gasteiger partial charge in [-0.05, 0) is 11.0 Å². The normalized spacial score (nSPS) is 13.3. The third-order valence-electron chi connectivity index (χ3n) is 3.54. The minimum Gasteiger partial charge on any atom is -0.130 e. The van der Waals surface area contributed by atoms with Crippen LogP contribution in [0.5, 0.6) is 0 Å². The smallest absolute Gasteiger partial charge is 0.117 e. The zero-order chi connectivity index (χ0) is 13.9. The van der Waals surface area contributed by atoms with Gasteiger partial charge in [0.15, 0.2) is 0 Å². The van der Waals surface area contributed by atoms with Crippen LogP contribution in [0.2, 0.25) is 0 Å². The molecule has 2 aromatic carbocycles. The van der Waals surface area contributed by atoms with Crippen LogP contribution in [0.1, 0.15) is 26.3 Å². The molecule has 2 rings (SSSR count). The molecule has 0 aromatic heterocycles. The summed E-state index contributed by atoms with van der Waals surface area (Å²) in [6.07, 6.45) is 0. The number of halogens is 1. The first kappa shape index (κ1) is 14.4. The summed E-state index contributed by atoms with van der Waals surface area (Å²) in [6, 6.07) is 19.7. The van der Waals surface area contributed by atoms with Crippen molar-refractivity contribution >= 4 is 30.8 Å². The zero-order valence-corrected chi connectivity index (χ0v) is 13.8. The van der Waals surface area contributed by atoms with Crippen LogP contribution in [0.25, 0.3) is 0 Å². The van der Waals surface area contributed by atoms with Crippen molar-refractivity contribution in [2.75, 3.05) is 5.50 Å². The van der Waals surface area contributed by atoms with Crippen LogP contribution in [-0.2, 0) is 5.41 Å². The molecule has 1 atom stereocenters. The van der Waals surface area contributed by atoms with Crippen LogP contribution in [-0.4, -0.2) is 14.3 Å². The van der Waals surface area contributed by atoms with E-state index < -0.39 is 8.80 Å². The largest absolute Gasteiger partial charge is 0.130 e. The van der Waals surface area contributed by atoms with Crippen molar-refractivity contribution in [2.45, 2.75) is 26.2 Å². The lowest BCUT2D eigenvalue weighted by Gasteiger charge is -2.20. The Bertz CT molecular complexity index is 511. The molecule has 0 saturated carbocycles. The van der Waals surface area contributed by atoms with Crippen molar-refractivity contribution in [3.63, 3.8) is 0 Å². The van der Waals surface area contributed by atoms with Gasteiger partial charge in [0.25, 0.3) is 0 Å². The molecule has 0 heterocycles. The first-order valence-electron chi connectivity index (χ1n) is 6.73. The molecule has 0 radical (unpaired) electrons. The summed E-state index contributed by atoms with van der Waals surface area (Å²) in [7, 11) is -1.24. The van der Waals surface area contributed by atoms with Gasteiger partial charge in [-0.25, -0.2) is 0 Å². The van der Waals surface area contributed by atoms with Gasteiger partial charge in [-0.1, -0.05) is 85.7 Å². The van der Waals surface area contributed by atoms with E-state index in [2.05, 4.69) is 75.4 Å². The average molecular weight is 289 g/mol. The first-order chi connectivity index (χ1) is 9.02. The summed E-state index contributed by atoms with van der Waals surface area (Å²) in [5.74, 6) is 0. The van der Waals surface area contributed by atoms with E-state index in [9.17, 15) is 0 Å². The second-order valence-corrected chi connectivity index (χ2v) is 9.66. The quantitative estimate of drug-likeness (QED) is 0.601. The SMILES string of the molecule is CC(C)(C)c1ccc([SiH](CCl)c2ccccc2)cc1. The Labute approximate surface area is 123 Å². The molecule has 0 spiro atoms. The standard InChI is InChI=1S/C17H21ClSi/c1-17(2,3)14-9-11-16(12-10-14)19(13-18)15-7-5-4-6-8-15/h4-12,19H,13H2,1-3H3. The number of rotatable bonds is 3. The van der Waals surface area contributed by atoms with E-state index in [1.165, 1.54) is 15.9 Å². The Hall–Kier alpha value is -1.05. The van der Waals surface area contributed by atoms with Gasteiger partial charge >= 0.3 is 0 Å². The van der Waals surface area contributed by atoms with Crippen molar-refractivity contribution in [3.05, 3.63) is 60.2 Å². The topological polar surface area (TPSA) is 0 Å². The fourth-order valence-electron chi connectivity index (χ4n) is 2.27. The van der Waals surface area contributed by atoms with Crippen molar-refractivity contribution in [1.29, 1.82) is 0 Å². The maximum absolute atomic E-state index is 6.23. The Morgan fingerprint density at radius 2 is 1.37 bits per heavy atom. The number of hydrogen-bond donors (Lipinski definition) is 0. The van der Waals surface area contributed by atoms with Crippen LogP contribution in [0.4, 0.5) is 0 Å². The highest BCUT2D eigenvalue weighted by Crippen LogP contribution is 2.20. The van der Waals surface area contributed by atoms with Crippen molar-refractivity contribution in [1.82, 2.24) is 0 Å². The van der Waals surface area contributed by atoms with E-state index in [0.717, 1.165) is 5.50 Å². The van der Waals surface area contributed by atoms with E-state index in [1.807, 2.05) is 0 Å². The van der Waals surface area contributed by atoms with E-state index in [4.69, 9.17) is 11.6 Å². The van der Waals surface area contributed by atoms with Gasteiger partial charge in [-0.3, -0.25) is 0 Å². The van der Waals surface area contributed by atoms with Crippen molar-refractivity contribution < 1.29 is 0 Å². The summed E-state index contributed by atoms with van der Waals surface area (Å²) in [6.45, 7) is 6.74. The molecule has 2 heteroatoms. The molecule has 0 saturated heterocycles. The second kappa shape index (κ2) is 5.94. The molecule has 0 N–H and O–H groups in total. The molecule has 0 bridgehead atoms.